The summed E-state index contributed by atoms with van der Waals surface area (Å²) in [6.07, 6.45) is 2.93. The van der Waals surface area contributed by atoms with Gasteiger partial charge in [-0.15, -0.1) is 0 Å². The largest absolute Gasteiger partial charge is 0.454 e. The molecule has 166 valence electrons. The van der Waals surface area contributed by atoms with Gasteiger partial charge in [0.15, 0.2) is 11.6 Å². The number of carbonyl (C=O) groups excluding carboxylic acids is 1. The van der Waals surface area contributed by atoms with Gasteiger partial charge < -0.3 is 14.6 Å². The molecule has 4 rings (SSSR count). The van der Waals surface area contributed by atoms with Crippen LogP contribution >= 0.6 is 0 Å². The molecule has 0 aliphatic heterocycles. The molecule has 5 nitrogen and oxygen atoms in total. The maximum Gasteiger partial charge on any atom is 0.258 e. The number of fused-ring (bicyclic) bond motifs is 1. The van der Waals surface area contributed by atoms with Crippen LogP contribution in [-0.2, 0) is 18.4 Å². The zero-order valence-electron chi connectivity index (χ0n) is 18.4. The minimum Gasteiger partial charge on any atom is -0.454 e. The number of pyridine rings is 1. The van der Waals surface area contributed by atoms with Crippen molar-refractivity contribution in [2.24, 2.45) is 7.05 Å². The van der Waals surface area contributed by atoms with Gasteiger partial charge in [0.2, 0.25) is 5.91 Å². The second kappa shape index (κ2) is 9.12. The van der Waals surface area contributed by atoms with Crippen LogP contribution in [0.15, 0.2) is 84.3 Å². The number of aryl methyl sites for hydroxylation is 2. The van der Waals surface area contributed by atoms with E-state index in [1.807, 2.05) is 24.3 Å². The first-order valence-electron chi connectivity index (χ1n) is 10.4. The molecular weight excluding hydrogens is 419 g/mol. The molecule has 6 heteroatoms. The fourth-order valence-electron chi connectivity index (χ4n) is 3.79. The number of nitrogens with one attached hydrogen (secondary N) is 1. The highest BCUT2D eigenvalue weighted by Gasteiger charge is 2.18. The van der Waals surface area contributed by atoms with Crippen LogP contribution in [0.3, 0.4) is 0 Å². The Bertz CT molecular complexity index is 1440. The van der Waals surface area contributed by atoms with E-state index in [1.54, 1.807) is 50.5 Å². The quantitative estimate of drug-likeness (QED) is 0.415. The standard InChI is InChI=1S/C27H23FN2O3/c1-4-25(31)29-15-18-8-7-11-24(33-23-13-12-17(2)14-22(23)28)26(18)21-16-30(3)27(32)20-10-6-5-9-19(20)21/h4-14,16H,1,15H2,2-3H3,(H,29,31). The van der Waals surface area contributed by atoms with Crippen LogP contribution in [0, 0.1) is 12.7 Å². The van der Waals surface area contributed by atoms with Crippen molar-refractivity contribution < 1.29 is 13.9 Å². The van der Waals surface area contributed by atoms with Gasteiger partial charge in [0.25, 0.3) is 5.56 Å². The summed E-state index contributed by atoms with van der Waals surface area (Å²) in [5, 5.41) is 4.07. The number of benzene rings is 3. The number of halogens is 1. The van der Waals surface area contributed by atoms with Gasteiger partial charge in [0.1, 0.15) is 5.75 Å². The lowest BCUT2D eigenvalue weighted by Gasteiger charge is -2.19. The van der Waals surface area contributed by atoms with Gasteiger partial charge >= 0.3 is 0 Å². The van der Waals surface area contributed by atoms with Crippen molar-refractivity contribution in [3.63, 3.8) is 0 Å². The van der Waals surface area contributed by atoms with Crippen LogP contribution in [-0.4, -0.2) is 10.5 Å². The van der Waals surface area contributed by atoms with Crippen molar-refractivity contribution in [1.82, 2.24) is 9.88 Å². The molecule has 0 saturated heterocycles. The predicted molar refractivity (Wildman–Crippen MR) is 128 cm³/mol. The fourth-order valence-corrected chi connectivity index (χ4v) is 3.79. The highest BCUT2D eigenvalue weighted by atomic mass is 19.1. The average molecular weight is 442 g/mol. The Morgan fingerprint density at radius 2 is 1.85 bits per heavy atom. The number of hydrogen-bond donors (Lipinski definition) is 1. The number of amides is 1. The molecule has 0 aliphatic carbocycles. The molecule has 0 atom stereocenters. The van der Waals surface area contributed by atoms with E-state index < -0.39 is 5.82 Å². The minimum atomic E-state index is -0.475. The van der Waals surface area contributed by atoms with E-state index in [-0.39, 0.29) is 23.8 Å². The summed E-state index contributed by atoms with van der Waals surface area (Å²) in [5.74, 6) is -0.297. The van der Waals surface area contributed by atoms with Crippen molar-refractivity contribution in [3.05, 3.63) is 107 Å². The lowest BCUT2D eigenvalue weighted by Crippen LogP contribution is -2.21. The topological polar surface area (TPSA) is 60.3 Å². The normalized spacial score (nSPS) is 10.8. The van der Waals surface area contributed by atoms with Gasteiger partial charge in [-0.2, -0.15) is 0 Å². The third kappa shape index (κ3) is 4.41. The molecule has 0 radical (unpaired) electrons. The summed E-state index contributed by atoms with van der Waals surface area (Å²) >= 11 is 0. The molecule has 0 bridgehead atoms. The third-order valence-electron chi connectivity index (χ3n) is 5.42. The van der Waals surface area contributed by atoms with Crippen LogP contribution in [0.4, 0.5) is 4.39 Å². The zero-order valence-corrected chi connectivity index (χ0v) is 18.4. The van der Waals surface area contributed by atoms with Crippen LogP contribution in [0.5, 0.6) is 11.5 Å². The lowest BCUT2D eigenvalue weighted by atomic mass is 9.95. The second-order valence-corrected chi connectivity index (χ2v) is 7.75. The van der Waals surface area contributed by atoms with E-state index in [0.717, 1.165) is 22.1 Å². The highest BCUT2D eigenvalue weighted by molar-refractivity contribution is 5.98. The Morgan fingerprint density at radius 3 is 2.58 bits per heavy atom. The Balaban J connectivity index is 1.96. The summed E-state index contributed by atoms with van der Waals surface area (Å²) < 4.78 is 22.2. The van der Waals surface area contributed by atoms with Gasteiger partial charge in [-0.05, 0) is 53.8 Å². The Labute approximate surface area is 190 Å². The van der Waals surface area contributed by atoms with Crippen molar-refractivity contribution in [2.75, 3.05) is 0 Å². The van der Waals surface area contributed by atoms with Crippen molar-refractivity contribution >= 4 is 16.7 Å². The van der Waals surface area contributed by atoms with Gasteiger partial charge in [-0.3, -0.25) is 9.59 Å². The zero-order chi connectivity index (χ0) is 23.5. The minimum absolute atomic E-state index is 0.0863. The Hall–Kier alpha value is -4.19. The Kier molecular flexibility index (Phi) is 6.09. The molecule has 1 heterocycles. The maximum absolute atomic E-state index is 14.6. The number of ether oxygens (including phenoxy) is 1. The number of nitrogens with zero attached hydrogens (tertiary/aromatic N) is 1. The average Bonchev–Trinajstić information content (AvgIpc) is 2.82. The molecule has 1 aromatic heterocycles. The van der Waals surface area contributed by atoms with Crippen molar-refractivity contribution in [2.45, 2.75) is 13.5 Å². The first-order valence-corrected chi connectivity index (χ1v) is 10.4. The molecule has 0 unspecified atom stereocenters. The van der Waals surface area contributed by atoms with Crippen LogP contribution in [0.25, 0.3) is 21.9 Å². The maximum atomic E-state index is 14.6. The summed E-state index contributed by atoms with van der Waals surface area (Å²) in [6.45, 7) is 5.49. The molecule has 1 amide bonds. The van der Waals surface area contributed by atoms with Gasteiger partial charge in [-0.1, -0.05) is 43.0 Å². The van der Waals surface area contributed by atoms with Gasteiger partial charge in [0, 0.05) is 36.3 Å². The van der Waals surface area contributed by atoms with Crippen LogP contribution in [0.2, 0.25) is 0 Å². The molecule has 33 heavy (non-hydrogen) atoms. The molecule has 0 fully saturated rings. The third-order valence-corrected chi connectivity index (χ3v) is 5.42. The van der Waals surface area contributed by atoms with Crippen LogP contribution in [0.1, 0.15) is 11.1 Å². The summed E-state index contributed by atoms with van der Waals surface area (Å²) in [5.41, 5.74) is 2.80. The van der Waals surface area contributed by atoms with Gasteiger partial charge in [-0.25, -0.2) is 4.39 Å². The highest BCUT2D eigenvalue weighted by Crippen LogP contribution is 2.39. The van der Waals surface area contributed by atoms with Crippen molar-refractivity contribution in [3.8, 4) is 22.6 Å². The second-order valence-electron chi connectivity index (χ2n) is 7.75. The predicted octanol–water partition coefficient (Wildman–Crippen LogP) is 5.25. The summed E-state index contributed by atoms with van der Waals surface area (Å²) in [4.78, 5) is 24.6. The Morgan fingerprint density at radius 1 is 1.09 bits per heavy atom. The molecule has 1 N–H and O–H groups in total. The SMILES string of the molecule is C=CC(=O)NCc1cccc(Oc2ccc(C)cc2F)c1-c1cn(C)c(=O)c2ccccc12. The summed E-state index contributed by atoms with van der Waals surface area (Å²) in [7, 11) is 1.68. The van der Waals surface area contributed by atoms with E-state index in [9.17, 15) is 14.0 Å². The smallest absolute Gasteiger partial charge is 0.258 e. The monoisotopic (exact) mass is 442 g/mol. The van der Waals surface area contributed by atoms with E-state index >= 15 is 0 Å². The number of rotatable bonds is 6. The number of aromatic nitrogens is 1. The lowest BCUT2D eigenvalue weighted by molar-refractivity contribution is -0.116. The molecular formula is C27H23FN2O3. The van der Waals surface area contributed by atoms with E-state index in [1.165, 1.54) is 16.7 Å². The molecule has 4 aromatic rings. The van der Waals surface area contributed by atoms with Crippen molar-refractivity contribution in [1.29, 1.82) is 0 Å². The molecule has 3 aromatic carbocycles. The van der Waals surface area contributed by atoms with E-state index in [4.69, 9.17) is 4.74 Å². The first-order chi connectivity index (χ1) is 15.9. The molecule has 0 aliphatic rings. The van der Waals surface area contributed by atoms with E-state index in [0.29, 0.717) is 16.7 Å². The molecule has 0 saturated carbocycles. The summed E-state index contributed by atoms with van der Waals surface area (Å²) in [6, 6.07) is 17.4. The number of hydrogen-bond acceptors (Lipinski definition) is 3. The number of carbonyl (C=O) groups is 1. The van der Waals surface area contributed by atoms with E-state index in [2.05, 4.69) is 11.9 Å². The molecule has 0 spiro atoms. The van der Waals surface area contributed by atoms with Crippen LogP contribution < -0.4 is 15.6 Å². The fraction of sp³-hybridized carbons (Fsp3) is 0.111. The first kappa shape index (κ1) is 22.0. The van der Waals surface area contributed by atoms with Gasteiger partial charge in [0.05, 0.1) is 0 Å².